The van der Waals surface area contributed by atoms with Crippen LogP contribution in [0.1, 0.15) is 63.4 Å². The maximum absolute atomic E-state index is 12.4. The molecule has 152 valence electrons. The summed E-state index contributed by atoms with van der Waals surface area (Å²) in [5.41, 5.74) is 6.57. The van der Waals surface area contributed by atoms with Gasteiger partial charge < -0.3 is 4.74 Å². The Kier molecular flexibility index (Phi) is 5.61. The highest BCUT2D eigenvalue weighted by molar-refractivity contribution is 5.82. The molecule has 5 nitrogen and oxygen atoms in total. The number of carbonyl (C=O) groups is 2. The van der Waals surface area contributed by atoms with Crippen molar-refractivity contribution in [3.05, 3.63) is 29.8 Å². The highest BCUT2D eigenvalue weighted by atomic mass is 16.5. The summed E-state index contributed by atoms with van der Waals surface area (Å²) in [4.78, 5) is 24.4. The molecule has 28 heavy (non-hydrogen) atoms. The smallest absolute Gasteiger partial charge is 0.238 e. The molecule has 4 aliphatic rings. The molecule has 2 N–H and O–H groups in total. The van der Waals surface area contributed by atoms with Crippen LogP contribution in [0.15, 0.2) is 24.3 Å². The third-order valence-electron chi connectivity index (χ3n) is 6.85. The largest absolute Gasteiger partial charge is 0.494 e. The number of aryl methyl sites for hydroxylation is 1. The molecule has 4 aliphatic carbocycles. The average Bonchev–Trinajstić information content (AvgIpc) is 2.62. The minimum atomic E-state index is -0.160. The van der Waals surface area contributed by atoms with E-state index in [0.717, 1.165) is 29.1 Å². The molecular weight excluding hydrogens is 352 g/mol. The third kappa shape index (κ3) is 4.68. The molecule has 4 fully saturated rings. The lowest BCUT2D eigenvalue weighted by Crippen LogP contribution is -2.50. The number of benzene rings is 1. The van der Waals surface area contributed by atoms with E-state index in [4.69, 9.17) is 4.74 Å². The molecule has 0 heterocycles. The van der Waals surface area contributed by atoms with Crippen molar-refractivity contribution in [2.75, 3.05) is 6.61 Å². The summed E-state index contributed by atoms with van der Waals surface area (Å²) in [7, 11) is 0. The Morgan fingerprint density at radius 2 is 1.68 bits per heavy atom. The van der Waals surface area contributed by atoms with E-state index in [9.17, 15) is 9.59 Å². The first-order valence-corrected chi connectivity index (χ1v) is 10.8. The van der Waals surface area contributed by atoms with Crippen molar-refractivity contribution in [2.24, 2.45) is 23.2 Å². The molecule has 0 aliphatic heterocycles. The van der Waals surface area contributed by atoms with Gasteiger partial charge in [0.2, 0.25) is 11.8 Å². The molecule has 0 radical (unpaired) electrons. The normalized spacial score (nSPS) is 30.1. The Bertz CT molecular complexity index is 695. The summed E-state index contributed by atoms with van der Waals surface area (Å²) in [6.45, 7) is 2.50. The van der Waals surface area contributed by atoms with Crippen LogP contribution < -0.4 is 15.6 Å². The van der Waals surface area contributed by atoms with Crippen LogP contribution in [0.5, 0.6) is 5.75 Å². The maximum Gasteiger partial charge on any atom is 0.238 e. The van der Waals surface area contributed by atoms with E-state index in [2.05, 4.69) is 10.9 Å². The van der Waals surface area contributed by atoms with Crippen molar-refractivity contribution in [3.63, 3.8) is 0 Å². The van der Waals surface area contributed by atoms with Gasteiger partial charge in [-0.3, -0.25) is 20.4 Å². The lowest BCUT2D eigenvalue weighted by molar-refractivity contribution is -0.134. The van der Waals surface area contributed by atoms with Gasteiger partial charge in [-0.1, -0.05) is 12.1 Å². The van der Waals surface area contributed by atoms with E-state index in [1.807, 2.05) is 31.2 Å². The summed E-state index contributed by atoms with van der Waals surface area (Å²) in [6.07, 6.45) is 9.26. The monoisotopic (exact) mass is 384 g/mol. The topological polar surface area (TPSA) is 67.4 Å². The Balaban J connectivity index is 1.14. The lowest BCUT2D eigenvalue weighted by atomic mass is 9.49. The fourth-order valence-corrected chi connectivity index (χ4v) is 6.22. The maximum atomic E-state index is 12.4. The quantitative estimate of drug-likeness (QED) is 0.553. The van der Waals surface area contributed by atoms with Crippen molar-refractivity contribution < 1.29 is 14.3 Å². The van der Waals surface area contributed by atoms with E-state index >= 15 is 0 Å². The van der Waals surface area contributed by atoms with Crippen LogP contribution >= 0.6 is 0 Å². The molecule has 5 heteroatoms. The highest BCUT2D eigenvalue weighted by Gasteiger charge is 2.51. The van der Waals surface area contributed by atoms with Gasteiger partial charge in [0.1, 0.15) is 5.75 Å². The zero-order valence-electron chi connectivity index (χ0n) is 16.8. The molecule has 4 saturated carbocycles. The van der Waals surface area contributed by atoms with Gasteiger partial charge in [-0.05, 0) is 92.7 Å². The van der Waals surface area contributed by atoms with Crippen LogP contribution in [-0.4, -0.2) is 18.4 Å². The van der Waals surface area contributed by atoms with Crippen LogP contribution in [-0.2, 0) is 9.59 Å². The zero-order chi connectivity index (χ0) is 19.6. The Hall–Kier alpha value is -2.04. The lowest BCUT2D eigenvalue weighted by Gasteiger charge is -2.56. The average molecular weight is 385 g/mol. The Morgan fingerprint density at radius 1 is 1.04 bits per heavy atom. The second-order valence-electron chi connectivity index (χ2n) is 9.46. The number of hydrogen-bond donors (Lipinski definition) is 2. The van der Waals surface area contributed by atoms with Crippen molar-refractivity contribution in [3.8, 4) is 5.75 Å². The number of carbonyl (C=O) groups excluding carboxylic acids is 2. The molecule has 2 amide bonds. The molecule has 1 aromatic rings. The minimum Gasteiger partial charge on any atom is -0.494 e. The number of hydrogen-bond acceptors (Lipinski definition) is 3. The van der Waals surface area contributed by atoms with Crippen LogP contribution in [0.25, 0.3) is 0 Å². The van der Waals surface area contributed by atoms with Crippen LogP contribution in [0.4, 0.5) is 0 Å². The zero-order valence-corrected chi connectivity index (χ0v) is 16.8. The number of rotatable bonds is 7. The van der Waals surface area contributed by atoms with E-state index in [1.54, 1.807) is 0 Å². The van der Waals surface area contributed by atoms with Crippen molar-refractivity contribution in [2.45, 2.75) is 64.7 Å². The van der Waals surface area contributed by atoms with Gasteiger partial charge in [0.15, 0.2) is 0 Å². The van der Waals surface area contributed by atoms with Crippen molar-refractivity contribution in [1.82, 2.24) is 10.9 Å². The molecule has 0 unspecified atom stereocenters. The molecule has 0 aromatic heterocycles. The predicted molar refractivity (Wildman–Crippen MR) is 107 cm³/mol. The number of hydrazine groups is 1. The predicted octanol–water partition coefficient (Wildman–Crippen LogP) is 3.91. The van der Waals surface area contributed by atoms with Gasteiger partial charge in [-0.15, -0.1) is 0 Å². The molecule has 0 saturated heterocycles. The van der Waals surface area contributed by atoms with Crippen molar-refractivity contribution >= 4 is 11.8 Å². The van der Waals surface area contributed by atoms with E-state index in [-0.39, 0.29) is 17.2 Å². The Morgan fingerprint density at radius 3 is 2.32 bits per heavy atom. The molecule has 0 atom stereocenters. The summed E-state index contributed by atoms with van der Waals surface area (Å²) in [5.74, 6) is 3.13. The van der Waals surface area contributed by atoms with Gasteiger partial charge in [-0.25, -0.2) is 0 Å². The molecule has 1 aromatic carbocycles. The first kappa shape index (κ1) is 19.3. The molecular formula is C23H32N2O3. The first-order valence-electron chi connectivity index (χ1n) is 10.8. The highest BCUT2D eigenvalue weighted by Crippen LogP contribution is 2.61. The van der Waals surface area contributed by atoms with E-state index < -0.39 is 0 Å². The van der Waals surface area contributed by atoms with Crippen LogP contribution in [0.3, 0.4) is 0 Å². The molecule has 5 rings (SSSR count). The van der Waals surface area contributed by atoms with Crippen molar-refractivity contribution in [1.29, 1.82) is 0 Å². The van der Waals surface area contributed by atoms with Crippen LogP contribution in [0.2, 0.25) is 0 Å². The summed E-state index contributed by atoms with van der Waals surface area (Å²) in [6, 6.07) is 7.87. The summed E-state index contributed by atoms with van der Waals surface area (Å²) in [5, 5.41) is 0. The fourth-order valence-electron chi connectivity index (χ4n) is 6.22. The van der Waals surface area contributed by atoms with Gasteiger partial charge in [0, 0.05) is 12.8 Å². The Labute approximate surface area is 167 Å². The van der Waals surface area contributed by atoms with Gasteiger partial charge >= 0.3 is 0 Å². The second-order valence-corrected chi connectivity index (χ2v) is 9.46. The second kappa shape index (κ2) is 8.14. The molecule has 0 spiro atoms. The number of nitrogens with one attached hydrogen (secondary N) is 2. The van der Waals surface area contributed by atoms with E-state index in [1.165, 1.54) is 38.5 Å². The van der Waals surface area contributed by atoms with Crippen LogP contribution in [0, 0.1) is 30.1 Å². The number of ether oxygens (including phenoxy) is 1. The van der Waals surface area contributed by atoms with Gasteiger partial charge in [0.25, 0.3) is 0 Å². The fraction of sp³-hybridized carbons (Fsp3) is 0.652. The summed E-state index contributed by atoms with van der Waals surface area (Å²) < 4.78 is 5.65. The number of amides is 2. The van der Waals surface area contributed by atoms with E-state index in [0.29, 0.717) is 25.9 Å². The standard InChI is InChI=1S/C23H32N2O3/c1-16-4-2-5-20(8-16)28-7-3-6-21(26)24-25-22(27)15-23-12-17-9-18(13-23)11-19(10-17)14-23/h2,4-5,8,17-19H,3,6-7,9-15H2,1H3,(H,24,26)(H,25,27). The molecule has 4 bridgehead atoms. The van der Waals surface area contributed by atoms with Gasteiger partial charge in [0.05, 0.1) is 6.61 Å². The third-order valence-corrected chi connectivity index (χ3v) is 6.85. The first-order chi connectivity index (χ1) is 13.5. The van der Waals surface area contributed by atoms with Gasteiger partial charge in [-0.2, -0.15) is 0 Å². The summed E-state index contributed by atoms with van der Waals surface area (Å²) >= 11 is 0. The minimum absolute atomic E-state index is 0.0358. The SMILES string of the molecule is Cc1cccc(OCCCC(=O)NNC(=O)CC23CC4CC(CC(C4)C2)C3)c1.